The number of nitrogens with one attached hydrogen (secondary N) is 2. The molecule has 0 radical (unpaired) electrons. The van der Waals surface area contributed by atoms with Crippen molar-refractivity contribution in [2.24, 2.45) is 5.92 Å². The molecule has 1 aliphatic heterocycles. The minimum absolute atomic E-state index is 0.252. The van der Waals surface area contributed by atoms with E-state index < -0.39 is 23.8 Å². The van der Waals surface area contributed by atoms with Gasteiger partial charge in [0.15, 0.2) is 5.92 Å². The highest BCUT2D eigenvalue weighted by atomic mass is 16.2. The van der Waals surface area contributed by atoms with Crippen molar-refractivity contribution in [3.05, 3.63) is 36.5 Å². The van der Waals surface area contributed by atoms with Crippen LogP contribution in [0, 0.1) is 5.92 Å². The van der Waals surface area contributed by atoms with Crippen LogP contribution in [0.15, 0.2) is 36.5 Å². The molecule has 0 bridgehead atoms. The van der Waals surface area contributed by atoms with Crippen molar-refractivity contribution >= 4 is 29.2 Å². The Hall–Kier alpha value is -2.83. The van der Waals surface area contributed by atoms with Crippen LogP contribution in [-0.4, -0.2) is 42.4 Å². The first-order valence-electron chi connectivity index (χ1n) is 9.39. The van der Waals surface area contributed by atoms with Crippen molar-refractivity contribution in [2.75, 3.05) is 29.9 Å². The second-order valence-electron chi connectivity index (χ2n) is 6.44. The molecule has 0 aliphatic carbocycles. The quantitative estimate of drug-likeness (QED) is 0.651. The van der Waals surface area contributed by atoms with Crippen molar-refractivity contribution in [1.29, 1.82) is 0 Å². The lowest BCUT2D eigenvalue weighted by molar-refractivity contribution is -0.140. The summed E-state index contributed by atoms with van der Waals surface area (Å²) in [5, 5.41) is 5.28. The van der Waals surface area contributed by atoms with Crippen molar-refractivity contribution < 1.29 is 14.4 Å². The molecular weight excluding hydrogens is 344 g/mol. The lowest BCUT2D eigenvalue weighted by atomic mass is 10.0. The number of hydrogen-bond donors (Lipinski definition) is 2. The van der Waals surface area contributed by atoms with Crippen LogP contribution in [0.1, 0.15) is 33.6 Å². The van der Waals surface area contributed by atoms with Crippen molar-refractivity contribution in [3.63, 3.8) is 0 Å². The second kappa shape index (κ2) is 9.21. The Bertz CT molecular complexity index is 710. The summed E-state index contributed by atoms with van der Waals surface area (Å²) >= 11 is 0. The normalized spacial score (nSPS) is 16.9. The van der Waals surface area contributed by atoms with E-state index in [9.17, 15) is 14.4 Å². The molecule has 7 nitrogen and oxygen atoms in total. The fourth-order valence-corrected chi connectivity index (χ4v) is 3.05. The molecule has 1 aliphatic rings. The summed E-state index contributed by atoms with van der Waals surface area (Å²) in [6, 6.07) is 7.05. The first-order valence-corrected chi connectivity index (χ1v) is 9.39. The number of benzene rings is 1. The van der Waals surface area contributed by atoms with Crippen molar-refractivity contribution in [1.82, 2.24) is 10.2 Å². The molecule has 2 rings (SSSR count). The number of nitrogens with zero attached hydrogens (tertiary/aromatic N) is 2. The van der Waals surface area contributed by atoms with E-state index in [-0.39, 0.29) is 12.2 Å². The molecule has 1 heterocycles. The molecule has 1 saturated heterocycles. The molecule has 1 aromatic carbocycles. The van der Waals surface area contributed by atoms with Gasteiger partial charge in [-0.15, -0.1) is 0 Å². The molecule has 4 amide bonds. The zero-order valence-electron chi connectivity index (χ0n) is 16.2. The van der Waals surface area contributed by atoms with Crippen LogP contribution in [0.3, 0.4) is 0 Å². The van der Waals surface area contributed by atoms with Gasteiger partial charge in [0.2, 0.25) is 11.8 Å². The molecule has 1 fully saturated rings. The highest BCUT2D eigenvalue weighted by Crippen LogP contribution is 2.23. The third-order valence-electron chi connectivity index (χ3n) is 4.63. The van der Waals surface area contributed by atoms with Gasteiger partial charge in [-0.1, -0.05) is 19.9 Å². The van der Waals surface area contributed by atoms with Crippen LogP contribution < -0.4 is 15.5 Å². The first-order chi connectivity index (χ1) is 12.9. The van der Waals surface area contributed by atoms with Gasteiger partial charge in [-0.25, -0.2) is 4.79 Å². The third-order valence-corrected chi connectivity index (χ3v) is 4.63. The molecule has 0 saturated carbocycles. The monoisotopic (exact) mass is 372 g/mol. The van der Waals surface area contributed by atoms with E-state index in [2.05, 4.69) is 36.0 Å². The zero-order valence-corrected chi connectivity index (χ0v) is 16.2. The summed E-state index contributed by atoms with van der Waals surface area (Å²) in [5.74, 6) is -2.30. The molecule has 0 spiro atoms. The highest BCUT2D eigenvalue weighted by Gasteiger charge is 2.41. The van der Waals surface area contributed by atoms with Crippen molar-refractivity contribution in [2.45, 2.75) is 33.6 Å². The first kappa shape index (κ1) is 20.5. The Labute approximate surface area is 160 Å². The molecule has 146 valence electrons. The molecule has 1 atom stereocenters. The lowest BCUT2D eigenvalue weighted by Crippen LogP contribution is -2.58. The van der Waals surface area contributed by atoms with Gasteiger partial charge in [-0.3, -0.25) is 19.8 Å². The fourth-order valence-electron chi connectivity index (χ4n) is 3.05. The summed E-state index contributed by atoms with van der Waals surface area (Å²) in [5.41, 5.74) is 2.08. The Morgan fingerprint density at radius 3 is 2.33 bits per heavy atom. The summed E-state index contributed by atoms with van der Waals surface area (Å²) in [6.07, 6.45) is 1.53. The highest BCUT2D eigenvalue weighted by molar-refractivity contribution is 6.17. The van der Waals surface area contributed by atoms with Crippen LogP contribution in [0.25, 0.3) is 0 Å². The van der Waals surface area contributed by atoms with Gasteiger partial charge < -0.3 is 10.2 Å². The van der Waals surface area contributed by atoms with Crippen molar-refractivity contribution in [3.8, 4) is 0 Å². The molecule has 0 unspecified atom stereocenters. The van der Waals surface area contributed by atoms with Gasteiger partial charge >= 0.3 is 6.03 Å². The Balaban J connectivity index is 2.10. The van der Waals surface area contributed by atoms with Crippen LogP contribution >= 0.6 is 0 Å². The number of barbiturate groups is 1. The smallest absolute Gasteiger partial charge is 0.330 e. The summed E-state index contributed by atoms with van der Waals surface area (Å²) in [6.45, 7) is 12.1. The average Bonchev–Trinajstić information content (AvgIpc) is 2.63. The van der Waals surface area contributed by atoms with Gasteiger partial charge in [0, 0.05) is 36.7 Å². The van der Waals surface area contributed by atoms with E-state index >= 15 is 0 Å². The number of rotatable bonds is 9. The predicted molar refractivity (Wildman–Crippen MR) is 106 cm³/mol. The minimum atomic E-state index is -1.12. The Morgan fingerprint density at radius 2 is 1.78 bits per heavy atom. The third kappa shape index (κ3) is 4.67. The number of amides is 4. The molecule has 1 aromatic rings. The summed E-state index contributed by atoms with van der Waals surface area (Å²) < 4.78 is 0. The van der Waals surface area contributed by atoms with E-state index in [4.69, 9.17) is 0 Å². The summed E-state index contributed by atoms with van der Waals surface area (Å²) in [4.78, 5) is 40.1. The van der Waals surface area contributed by atoms with E-state index in [1.54, 1.807) is 0 Å². The molecule has 0 aromatic heterocycles. The number of unbranched alkanes of at least 4 members (excludes halogenated alkanes) is 1. The number of imide groups is 2. The van der Waals surface area contributed by atoms with E-state index in [1.165, 1.54) is 0 Å². The standard InChI is InChI=1S/C20H28N4O3/c1-5-8-13-24-19(26)17(18(25)22-20(24)27)14(4)21-15-9-11-16(12-10-15)23(6-2)7-3/h9-12,17,21H,4-8,13H2,1-3H3,(H,22,25,27)/t17-/m1/s1. The Morgan fingerprint density at radius 1 is 1.15 bits per heavy atom. The Kier molecular flexibility index (Phi) is 6.98. The molecule has 7 heteroatoms. The van der Waals surface area contributed by atoms with Gasteiger partial charge in [0.25, 0.3) is 0 Å². The summed E-state index contributed by atoms with van der Waals surface area (Å²) in [7, 11) is 0. The van der Waals surface area contributed by atoms with Gasteiger partial charge in [-0.05, 0) is 44.5 Å². The largest absolute Gasteiger partial charge is 0.372 e. The van der Waals surface area contributed by atoms with Gasteiger partial charge in [-0.2, -0.15) is 0 Å². The molecule has 2 N–H and O–H groups in total. The van der Waals surface area contributed by atoms with Crippen LogP contribution in [0.2, 0.25) is 0 Å². The van der Waals surface area contributed by atoms with Gasteiger partial charge in [0.1, 0.15) is 0 Å². The van der Waals surface area contributed by atoms with Crippen LogP contribution in [0.5, 0.6) is 0 Å². The maximum Gasteiger partial charge on any atom is 0.330 e. The SMILES string of the molecule is C=C(Nc1ccc(N(CC)CC)cc1)[C@@H]1C(=O)NC(=O)N(CCCC)C1=O. The zero-order chi connectivity index (χ0) is 20.0. The van der Waals surface area contributed by atoms with Crippen LogP contribution in [0.4, 0.5) is 16.2 Å². The second-order valence-corrected chi connectivity index (χ2v) is 6.44. The maximum atomic E-state index is 12.6. The van der Waals surface area contributed by atoms with E-state index in [1.807, 2.05) is 31.2 Å². The van der Waals surface area contributed by atoms with E-state index in [0.29, 0.717) is 6.42 Å². The predicted octanol–water partition coefficient (Wildman–Crippen LogP) is 2.95. The number of hydrogen-bond acceptors (Lipinski definition) is 5. The maximum absolute atomic E-state index is 12.6. The minimum Gasteiger partial charge on any atom is -0.372 e. The number of anilines is 2. The number of urea groups is 1. The molecule has 27 heavy (non-hydrogen) atoms. The van der Waals surface area contributed by atoms with E-state index in [0.717, 1.165) is 35.8 Å². The molecular formula is C20H28N4O3. The van der Waals surface area contributed by atoms with Crippen LogP contribution in [-0.2, 0) is 9.59 Å². The lowest BCUT2D eigenvalue weighted by Gasteiger charge is -2.31. The topological polar surface area (TPSA) is 81.8 Å². The fraction of sp³-hybridized carbons (Fsp3) is 0.450. The van der Waals surface area contributed by atoms with Gasteiger partial charge in [0.05, 0.1) is 0 Å². The number of carbonyl (C=O) groups is 3. The average molecular weight is 372 g/mol. The number of carbonyl (C=O) groups excluding carboxylic acids is 3.